The zero-order chi connectivity index (χ0) is 17.4. The predicted molar refractivity (Wildman–Crippen MR) is 88.6 cm³/mol. The molecule has 6 heteroatoms. The molecule has 1 aromatic carbocycles. The molecule has 0 aliphatic rings. The van der Waals surface area contributed by atoms with E-state index in [0.717, 1.165) is 0 Å². The van der Waals surface area contributed by atoms with E-state index in [1.165, 1.54) is 24.3 Å². The molecule has 2 rings (SSSR count). The first kappa shape index (κ1) is 16.8. The van der Waals surface area contributed by atoms with Crippen molar-refractivity contribution < 1.29 is 15.0 Å². The number of nitriles is 1. The summed E-state index contributed by atoms with van der Waals surface area (Å²) in [5.74, 6) is -0.953. The maximum Gasteiger partial charge on any atom is 0.262 e. The van der Waals surface area contributed by atoms with E-state index in [4.69, 9.17) is 5.26 Å². The summed E-state index contributed by atoms with van der Waals surface area (Å²) >= 11 is 0. The zero-order valence-corrected chi connectivity index (χ0v) is 12.7. The summed E-state index contributed by atoms with van der Waals surface area (Å²) in [6.45, 7) is 0.230. The number of benzene rings is 1. The van der Waals surface area contributed by atoms with Gasteiger partial charge in [-0.2, -0.15) is 5.26 Å². The third kappa shape index (κ3) is 4.71. The van der Waals surface area contributed by atoms with Crippen LogP contribution in [0.3, 0.4) is 0 Å². The van der Waals surface area contributed by atoms with Gasteiger partial charge in [0, 0.05) is 6.20 Å². The van der Waals surface area contributed by atoms with Crippen molar-refractivity contribution in [1.82, 2.24) is 10.3 Å². The fraction of sp³-hybridized carbons (Fsp3) is 0.0556. The molecule has 0 unspecified atom stereocenters. The van der Waals surface area contributed by atoms with Crippen LogP contribution in [-0.4, -0.2) is 21.1 Å². The van der Waals surface area contributed by atoms with Crippen molar-refractivity contribution in [2.75, 3.05) is 0 Å². The largest absolute Gasteiger partial charge is 0.504 e. The Morgan fingerprint density at radius 3 is 2.75 bits per heavy atom. The maximum absolute atomic E-state index is 12.0. The minimum absolute atomic E-state index is 0.0508. The lowest BCUT2D eigenvalue weighted by Gasteiger charge is -2.02. The van der Waals surface area contributed by atoms with Crippen LogP contribution in [0.15, 0.2) is 60.3 Å². The number of hydrogen-bond donors (Lipinski definition) is 3. The highest BCUT2D eigenvalue weighted by Gasteiger charge is 2.07. The lowest BCUT2D eigenvalue weighted by molar-refractivity contribution is -0.117. The number of aromatic nitrogens is 1. The van der Waals surface area contributed by atoms with Crippen molar-refractivity contribution in [3.05, 3.63) is 71.6 Å². The molecule has 0 aliphatic heterocycles. The third-order valence-electron chi connectivity index (χ3n) is 3.07. The van der Waals surface area contributed by atoms with E-state index in [1.54, 1.807) is 30.5 Å². The maximum atomic E-state index is 12.0. The minimum Gasteiger partial charge on any atom is -0.504 e. The quantitative estimate of drug-likeness (QED) is 0.339. The number of nitrogens with one attached hydrogen (secondary N) is 1. The van der Waals surface area contributed by atoms with Crippen LogP contribution in [0.1, 0.15) is 11.3 Å². The van der Waals surface area contributed by atoms with Gasteiger partial charge in [-0.05, 0) is 35.9 Å². The fourth-order valence-corrected chi connectivity index (χ4v) is 1.83. The summed E-state index contributed by atoms with van der Waals surface area (Å²) in [7, 11) is 0. The molecule has 0 atom stereocenters. The molecule has 120 valence electrons. The van der Waals surface area contributed by atoms with Crippen LogP contribution >= 0.6 is 0 Å². The molecular weight excluding hydrogens is 306 g/mol. The van der Waals surface area contributed by atoms with Gasteiger partial charge in [-0.1, -0.05) is 24.3 Å². The van der Waals surface area contributed by atoms with Gasteiger partial charge in [-0.3, -0.25) is 9.78 Å². The molecule has 2 aromatic rings. The molecule has 0 spiro atoms. The van der Waals surface area contributed by atoms with Crippen LogP contribution in [0.25, 0.3) is 6.08 Å². The lowest BCUT2D eigenvalue weighted by Crippen LogP contribution is -2.24. The van der Waals surface area contributed by atoms with Crippen LogP contribution in [0.5, 0.6) is 11.5 Å². The molecule has 0 bridgehead atoms. The summed E-state index contributed by atoms with van der Waals surface area (Å²) in [5.41, 5.74) is 1.26. The number of carbonyl (C=O) groups excluding carboxylic acids is 1. The molecule has 1 heterocycles. The number of hydrogen-bond acceptors (Lipinski definition) is 5. The van der Waals surface area contributed by atoms with Gasteiger partial charge in [-0.25, -0.2) is 0 Å². The number of nitrogens with zero attached hydrogens (tertiary/aromatic N) is 2. The summed E-state index contributed by atoms with van der Waals surface area (Å²) in [4.78, 5) is 16.0. The Morgan fingerprint density at radius 2 is 2.08 bits per heavy atom. The second-order valence-corrected chi connectivity index (χ2v) is 4.80. The van der Waals surface area contributed by atoms with E-state index in [9.17, 15) is 15.0 Å². The third-order valence-corrected chi connectivity index (χ3v) is 3.07. The summed E-state index contributed by atoms with van der Waals surface area (Å²) < 4.78 is 0. The molecule has 0 aliphatic carbocycles. The van der Waals surface area contributed by atoms with E-state index in [2.05, 4.69) is 10.3 Å². The van der Waals surface area contributed by atoms with Gasteiger partial charge < -0.3 is 15.5 Å². The number of amides is 1. The van der Waals surface area contributed by atoms with Gasteiger partial charge in [0.15, 0.2) is 11.5 Å². The molecule has 1 amide bonds. The first-order valence-corrected chi connectivity index (χ1v) is 7.08. The Labute approximate surface area is 139 Å². The predicted octanol–water partition coefficient (Wildman–Crippen LogP) is 2.27. The molecule has 24 heavy (non-hydrogen) atoms. The number of phenols is 2. The van der Waals surface area contributed by atoms with Crippen molar-refractivity contribution in [3.63, 3.8) is 0 Å². The smallest absolute Gasteiger partial charge is 0.262 e. The number of pyridine rings is 1. The van der Waals surface area contributed by atoms with E-state index in [0.29, 0.717) is 11.3 Å². The molecule has 1 aromatic heterocycles. The Morgan fingerprint density at radius 1 is 1.25 bits per heavy atom. The van der Waals surface area contributed by atoms with Gasteiger partial charge in [0.2, 0.25) is 0 Å². The molecule has 3 N–H and O–H groups in total. The number of allylic oxidation sites excluding steroid dienone is 2. The van der Waals surface area contributed by atoms with Crippen molar-refractivity contribution >= 4 is 12.0 Å². The van der Waals surface area contributed by atoms with Crippen LogP contribution in [-0.2, 0) is 11.3 Å². The van der Waals surface area contributed by atoms with Crippen molar-refractivity contribution in [1.29, 1.82) is 5.26 Å². The average molecular weight is 321 g/mol. The molecule has 0 saturated heterocycles. The Balaban J connectivity index is 2.00. The van der Waals surface area contributed by atoms with Gasteiger partial charge in [0.05, 0.1) is 12.2 Å². The summed E-state index contributed by atoms with van der Waals surface area (Å²) in [6, 6.07) is 11.5. The van der Waals surface area contributed by atoms with Crippen molar-refractivity contribution in [2.24, 2.45) is 0 Å². The van der Waals surface area contributed by atoms with Crippen molar-refractivity contribution in [3.8, 4) is 17.6 Å². The normalized spacial score (nSPS) is 11.2. The number of carbonyl (C=O) groups is 1. The van der Waals surface area contributed by atoms with Crippen LogP contribution < -0.4 is 5.32 Å². The molecular formula is C18H15N3O3. The SMILES string of the molecule is N#CC(=CC=Cc1ccc(O)c(O)c1)C(=O)NCc1ccccn1. The Hall–Kier alpha value is -3.59. The first-order chi connectivity index (χ1) is 11.6. The van der Waals surface area contributed by atoms with Crippen LogP contribution in [0.2, 0.25) is 0 Å². The Bertz CT molecular complexity index is 821. The average Bonchev–Trinajstić information content (AvgIpc) is 2.60. The fourth-order valence-electron chi connectivity index (χ4n) is 1.83. The highest BCUT2D eigenvalue weighted by molar-refractivity contribution is 5.97. The zero-order valence-electron chi connectivity index (χ0n) is 12.7. The summed E-state index contributed by atoms with van der Waals surface area (Å²) in [5, 5.41) is 30.3. The molecule has 0 saturated carbocycles. The van der Waals surface area contributed by atoms with Gasteiger partial charge in [0.1, 0.15) is 11.6 Å². The van der Waals surface area contributed by atoms with Crippen LogP contribution in [0.4, 0.5) is 0 Å². The number of phenolic OH excluding ortho intramolecular Hbond substituents is 2. The van der Waals surface area contributed by atoms with E-state index >= 15 is 0 Å². The monoisotopic (exact) mass is 321 g/mol. The lowest BCUT2D eigenvalue weighted by atomic mass is 10.1. The highest BCUT2D eigenvalue weighted by Crippen LogP contribution is 2.25. The standard InChI is InChI=1S/C18H15N3O3/c19-11-14(18(24)21-12-15-6-1-2-9-20-15)5-3-4-13-7-8-16(22)17(23)10-13/h1-10,22-23H,12H2,(H,21,24). The number of rotatable bonds is 5. The van der Waals surface area contributed by atoms with Crippen LogP contribution in [0, 0.1) is 11.3 Å². The second-order valence-electron chi connectivity index (χ2n) is 4.80. The first-order valence-electron chi connectivity index (χ1n) is 7.08. The number of aromatic hydroxyl groups is 2. The van der Waals surface area contributed by atoms with Gasteiger partial charge in [-0.15, -0.1) is 0 Å². The van der Waals surface area contributed by atoms with E-state index in [-0.39, 0.29) is 23.6 Å². The second kappa shape index (κ2) is 8.15. The van der Waals surface area contributed by atoms with Gasteiger partial charge in [0.25, 0.3) is 5.91 Å². The topological polar surface area (TPSA) is 106 Å². The summed E-state index contributed by atoms with van der Waals surface area (Å²) in [6.07, 6.45) is 6.11. The minimum atomic E-state index is -0.499. The molecule has 0 fully saturated rings. The van der Waals surface area contributed by atoms with E-state index < -0.39 is 5.91 Å². The van der Waals surface area contributed by atoms with Crippen molar-refractivity contribution in [2.45, 2.75) is 6.54 Å². The Kier molecular flexibility index (Phi) is 5.70. The van der Waals surface area contributed by atoms with E-state index in [1.807, 2.05) is 12.1 Å². The molecule has 0 radical (unpaired) electrons. The molecule has 6 nitrogen and oxygen atoms in total. The highest BCUT2D eigenvalue weighted by atomic mass is 16.3. The van der Waals surface area contributed by atoms with Gasteiger partial charge >= 0.3 is 0 Å².